The van der Waals surface area contributed by atoms with Gasteiger partial charge in [0.2, 0.25) is 0 Å². The average molecular weight is 100 g/mol. The van der Waals surface area contributed by atoms with Gasteiger partial charge < -0.3 is 5.11 Å². The summed E-state index contributed by atoms with van der Waals surface area (Å²) in [5.41, 5.74) is 0.120. The van der Waals surface area contributed by atoms with Gasteiger partial charge in [0.25, 0.3) is 0 Å². The first-order valence-electron chi connectivity index (χ1n) is 2.38. The Balaban J connectivity index is 3.56. The van der Waals surface area contributed by atoms with Gasteiger partial charge in [0, 0.05) is 0 Å². The smallest absolute Gasteiger partial charge is 0.0757 e. The fourth-order valence-corrected chi connectivity index (χ4v) is 0.224. The predicted octanol–water partition coefficient (Wildman–Crippen LogP) is 2.10. The Morgan fingerprint density at radius 2 is 1.71 bits per heavy atom. The molecule has 0 rings (SSSR count). The summed E-state index contributed by atoms with van der Waals surface area (Å²) in [6, 6.07) is 0. The minimum atomic E-state index is 0.120. The maximum absolute atomic E-state index is 8.22. The number of allylic oxidation sites excluding steroid dienone is 1. The molecule has 0 atom stereocenters. The lowest BCUT2D eigenvalue weighted by Crippen LogP contribution is -1.97. The first-order valence-corrected chi connectivity index (χ1v) is 2.38. The van der Waals surface area contributed by atoms with Gasteiger partial charge in [0.05, 0.1) is 6.26 Å². The van der Waals surface area contributed by atoms with Crippen molar-refractivity contribution in [1.82, 2.24) is 0 Å². The van der Waals surface area contributed by atoms with Gasteiger partial charge in [0.1, 0.15) is 0 Å². The fourth-order valence-electron chi connectivity index (χ4n) is 0.224. The summed E-state index contributed by atoms with van der Waals surface area (Å²) in [4.78, 5) is 0. The molecular formula is C6H12O. The van der Waals surface area contributed by atoms with Crippen LogP contribution in [0, 0.1) is 5.41 Å². The van der Waals surface area contributed by atoms with Crippen molar-refractivity contribution in [2.75, 3.05) is 0 Å². The van der Waals surface area contributed by atoms with E-state index in [1.165, 1.54) is 0 Å². The predicted molar refractivity (Wildman–Crippen MR) is 31.2 cm³/mol. The highest BCUT2D eigenvalue weighted by Crippen LogP contribution is 2.13. The third-order valence-corrected chi connectivity index (χ3v) is 0.575. The molecule has 42 valence electrons. The van der Waals surface area contributed by atoms with E-state index in [1.807, 2.05) is 20.8 Å². The number of rotatable bonds is 0. The number of aliphatic hydroxyl groups excluding tert-OH is 1. The van der Waals surface area contributed by atoms with Gasteiger partial charge in [0.15, 0.2) is 0 Å². The summed E-state index contributed by atoms with van der Waals surface area (Å²) in [5.74, 6) is 0. The van der Waals surface area contributed by atoms with E-state index in [4.69, 9.17) is 5.11 Å². The second-order valence-electron chi connectivity index (χ2n) is 2.68. The number of aliphatic hydroxyl groups is 1. The quantitative estimate of drug-likeness (QED) is 0.462. The third kappa shape index (κ3) is 5.54. The standard InChI is InChI=1S/C6H12O/c1-6(2,3)4-5-7/h4-5,7H,1-3H3. The van der Waals surface area contributed by atoms with Crippen molar-refractivity contribution >= 4 is 0 Å². The average Bonchev–Trinajstić information content (AvgIpc) is 1.30. The van der Waals surface area contributed by atoms with Crippen molar-refractivity contribution in [1.29, 1.82) is 0 Å². The van der Waals surface area contributed by atoms with Crippen LogP contribution in [-0.4, -0.2) is 5.11 Å². The Bertz CT molecular complexity index is 66.7. The summed E-state index contributed by atoms with van der Waals surface area (Å²) in [5, 5.41) is 8.22. The molecule has 0 amide bonds. The van der Waals surface area contributed by atoms with Gasteiger partial charge in [-0.3, -0.25) is 0 Å². The zero-order valence-electron chi connectivity index (χ0n) is 5.10. The van der Waals surface area contributed by atoms with Crippen LogP contribution in [0.15, 0.2) is 12.3 Å². The molecule has 0 bridgehead atoms. The normalized spacial score (nSPS) is 13.0. The van der Waals surface area contributed by atoms with Gasteiger partial charge in [-0.2, -0.15) is 0 Å². The van der Waals surface area contributed by atoms with Crippen LogP contribution >= 0.6 is 0 Å². The van der Waals surface area contributed by atoms with E-state index < -0.39 is 0 Å². The van der Waals surface area contributed by atoms with E-state index in [-0.39, 0.29) is 5.41 Å². The molecule has 0 unspecified atom stereocenters. The first kappa shape index (κ1) is 6.54. The van der Waals surface area contributed by atoms with Crippen LogP contribution in [0.1, 0.15) is 20.8 Å². The second kappa shape index (κ2) is 2.01. The molecular weight excluding hydrogens is 88.1 g/mol. The van der Waals surface area contributed by atoms with E-state index in [2.05, 4.69) is 0 Å². The molecule has 0 aromatic heterocycles. The molecule has 0 aliphatic rings. The van der Waals surface area contributed by atoms with Gasteiger partial charge >= 0.3 is 0 Å². The second-order valence-corrected chi connectivity index (χ2v) is 2.68. The molecule has 7 heavy (non-hydrogen) atoms. The summed E-state index contributed by atoms with van der Waals surface area (Å²) >= 11 is 0. The maximum Gasteiger partial charge on any atom is 0.0757 e. The van der Waals surface area contributed by atoms with E-state index >= 15 is 0 Å². The van der Waals surface area contributed by atoms with Crippen molar-refractivity contribution in [2.45, 2.75) is 20.8 Å². The van der Waals surface area contributed by atoms with Crippen molar-refractivity contribution in [3.8, 4) is 0 Å². The minimum absolute atomic E-state index is 0.120. The fraction of sp³-hybridized carbons (Fsp3) is 0.667. The zero-order chi connectivity index (χ0) is 5.91. The van der Waals surface area contributed by atoms with Crippen molar-refractivity contribution < 1.29 is 5.11 Å². The van der Waals surface area contributed by atoms with Crippen LogP contribution < -0.4 is 0 Å². The lowest BCUT2D eigenvalue weighted by molar-refractivity contribution is 0.446. The molecule has 0 saturated heterocycles. The molecule has 1 heteroatoms. The number of hydrogen-bond acceptors (Lipinski definition) is 1. The monoisotopic (exact) mass is 100 g/mol. The van der Waals surface area contributed by atoms with Crippen molar-refractivity contribution in [3.05, 3.63) is 12.3 Å². The third-order valence-electron chi connectivity index (χ3n) is 0.575. The van der Waals surface area contributed by atoms with E-state index in [0.717, 1.165) is 6.26 Å². The first-order chi connectivity index (χ1) is 3.06. The van der Waals surface area contributed by atoms with E-state index in [0.29, 0.717) is 0 Å². The summed E-state index contributed by atoms with van der Waals surface area (Å²) < 4.78 is 0. The molecule has 0 aliphatic carbocycles. The molecule has 0 spiro atoms. The lowest BCUT2D eigenvalue weighted by atomic mass is 9.98. The highest BCUT2D eigenvalue weighted by molar-refractivity contribution is 4.85. The Morgan fingerprint density at radius 1 is 1.29 bits per heavy atom. The van der Waals surface area contributed by atoms with E-state index in [1.54, 1.807) is 6.08 Å². The van der Waals surface area contributed by atoms with Gasteiger partial charge in [-0.15, -0.1) is 0 Å². The highest BCUT2D eigenvalue weighted by atomic mass is 16.2. The Hall–Kier alpha value is -0.460. The summed E-state index contributed by atoms with van der Waals surface area (Å²) in [7, 11) is 0. The van der Waals surface area contributed by atoms with Crippen LogP contribution in [0.2, 0.25) is 0 Å². The van der Waals surface area contributed by atoms with Crippen LogP contribution in [0.5, 0.6) is 0 Å². The molecule has 0 radical (unpaired) electrons. The summed E-state index contributed by atoms with van der Waals surface area (Å²) in [6.45, 7) is 6.08. The highest BCUT2D eigenvalue weighted by Gasteiger charge is 2.01. The van der Waals surface area contributed by atoms with Gasteiger partial charge in [-0.05, 0) is 11.5 Å². The van der Waals surface area contributed by atoms with Gasteiger partial charge in [-0.25, -0.2) is 0 Å². The van der Waals surface area contributed by atoms with Crippen LogP contribution in [0.3, 0.4) is 0 Å². The maximum atomic E-state index is 8.22. The Kier molecular flexibility index (Phi) is 1.88. The molecule has 0 fully saturated rings. The largest absolute Gasteiger partial charge is 0.516 e. The van der Waals surface area contributed by atoms with E-state index in [9.17, 15) is 0 Å². The molecule has 1 nitrogen and oxygen atoms in total. The topological polar surface area (TPSA) is 20.2 Å². The van der Waals surface area contributed by atoms with Gasteiger partial charge in [-0.1, -0.05) is 20.8 Å². The molecule has 0 heterocycles. The Morgan fingerprint density at radius 3 is 1.71 bits per heavy atom. The molecule has 0 aromatic rings. The molecule has 0 saturated carbocycles. The summed E-state index contributed by atoms with van der Waals surface area (Å²) in [6.07, 6.45) is 2.83. The van der Waals surface area contributed by atoms with Crippen molar-refractivity contribution in [2.24, 2.45) is 5.41 Å². The Labute approximate surface area is 44.7 Å². The molecule has 1 N–H and O–H groups in total. The number of hydrogen-bond donors (Lipinski definition) is 1. The lowest BCUT2D eigenvalue weighted by Gasteiger charge is -2.08. The van der Waals surface area contributed by atoms with Crippen LogP contribution in [0.25, 0.3) is 0 Å². The molecule has 0 aliphatic heterocycles. The van der Waals surface area contributed by atoms with Crippen LogP contribution in [0.4, 0.5) is 0 Å². The zero-order valence-corrected chi connectivity index (χ0v) is 5.10. The SMILES string of the molecule is CC(C)(C)C=CO. The van der Waals surface area contributed by atoms with Crippen LogP contribution in [-0.2, 0) is 0 Å². The minimum Gasteiger partial charge on any atom is -0.516 e. The van der Waals surface area contributed by atoms with Crippen molar-refractivity contribution in [3.63, 3.8) is 0 Å². The molecule has 0 aromatic carbocycles.